The Hall–Kier alpha value is -4.20. The van der Waals surface area contributed by atoms with Gasteiger partial charge in [-0.05, 0) is 60.2 Å². The van der Waals surface area contributed by atoms with E-state index in [1.54, 1.807) is 24.5 Å². The van der Waals surface area contributed by atoms with E-state index in [1.807, 2.05) is 13.0 Å². The van der Waals surface area contributed by atoms with Crippen LogP contribution in [0.2, 0.25) is 0 Å². The summed E-state index contributed by atoms with van der Waals surface area (Å²) in [5.41, 5.74) is 12.0. The van der Waals surface area contributed by atoms with Crippen LogP contribution in [0.25, 0.3) is 0 Å². The summed E-state index contributed by atoms with van der Waals surface area (Å²) in [4.78, 5) is 29.0. The van der Waals surface area contributed by atoms with E-state index in [-0.39, 0.29) is 17.2 Å². The molecule has 8 nitrogen and oxygen atoms in total. The molecular formula is C30H37N7O. The van der Waals surface area contributed by atoms with E-state index in [0.717, 1.165) is 37.1 Å². The maximum absolute atomic E-state index is 13.0. The molecule has 2 aromatic carbocycles. The van der Waals surface area contributed by atoms with Crippen molar-refractivity contribution in [3.63, 3.8) is 0 Å². The zero-order chi connectivity index (χ0) is 27.3. The fourth-order valence-electron chi connectivity index (χ4n) is 4.31. The Morgan fingerprint density at radius 3 is 2.53 bits per heavy atom. The minimum absolute atomic E-state index is 0.0898. The van der Waals surface area contributed by atoms with E-state index in [9.17, 15) is 4.79 Å². The third kappa shape index (κ3) is 6.37. The summed E-state index contributed by atoms with van der Waals surface area (Å²) >= 11 is 0. The Kier molecular flexibility index (Phi) is 8.10. The molecule has 0 bridgehead atoms. The number of nitrogens with one attached hydrogen (secondary N) is 2. The van der Waals surface area contributed by atoms with E-state index in [1.165, 1.54) is 5.56 Å². The van der Waals surface area contributed by atoms with Crippen molar-refractivity contribution in [3.05, 3.63) is 89.4 Å². The predicted molar refractivity (Wildman–Crippen MR) is 155 cm³/mol. The Morgan fingerprint density at radius 2 is 1.87 bits per heavy atom. The average Bonchev–Trinajstić information content (AvgIpc) is 3.44. The fourth-order valence-corrected chi connectivity index (χ4v) is 4.31. The van der Waals surface area contributed by atoms with Gasteiger partial charge in [-0.1, -0.05) is 57.7 Å². The number of aliphatic imine (C=N–C) groups is 1. The van der Waals surface area contributed by atoms with E-state index < -0.39 is 0 Å². The molecule has 8 heteroatoms. The summed E-state index contributed by atoms with van der Waals surface area (Å²) < 4.78 is 0. The molecule has 1 aromatic heterocycles. The summed E-state index contributed by atoms with van der Waals surface area (Å²) in [5.74, 6) is 0.690. The van der Waals surface area contributed by atoms with Gasteiger partial charge in [0, 0.05) is 25.2 Å². The molecule has 0 spiro atoms. The Morgan fingerprint density at radius 1 is 1.16 bits per heavy atom. The second kappa shape index (κ2) is 11.5. The molecule has 198 valence electrons. The lowest BCUT2D eigenvalue weighted by atomic mass is 9.87. The van der Waals surface area contributed by atoms with Crippen LogP contribution >= 0.6 is 0 Å². The predicted octanol–water partition coefficient (Wildman–Crippen LogP) is 5.21. The number of aromatic nitrogens is 2. The fraction of sp³-hybridized carbons (Fsp3) is 0.333. The van der Waals surface area contributed by atoms with Crippen molar-refractivity contribution in [2.24, 2.45) is 10.7 Å². The molecule has 2 heterocycles. The summed E-state index contributed by atoms with van der Waals surface area (Å²) in [7, 11) is 0. The molecule has 1 saturated heterocycles. The molecule has 0 aliphatic carbocycles. The highest BCUT2D eigenvalue weighted by molar-refractivity contribution is 6.03. The number of carbonyl (C=O) groups is 1. The Bertz CT molecular complexity index is 1330. The van der Waals surface area contributed by atoms with Gasteiger partial charge in [0.25, 0.3) is 5.91 Å². The topological polar surface area (TPSA) is 109 Å². The first kappa shape index (κ1) is 26.9. The van der Waals surface area contributed by atoms with E-state index in [0.29, 0.717) is 35.1 Å². The molecule has 0 unspecified atom stereocenters. The van der Waals surface area contributed by atoms with Gasteiger partial charge in [0.1, 0.15) is 5.69 Å². The van der Waals surface area contributed by atoms with E-state index in [4.69, 9.17) is 10.7 Å². The van der Waals surface area contributed by atoms with Crippen LogP contribution in [-0.2, 0) is 12.0 Å². The molecule has 1 aliphatic rings. The summed E-state index contributed by atoms with van der Waals surface area (Å²) in [6, 6.07) is 13.8. The highest BCUT2D eigenvalue weighted by Crippen LogP contribution is 2.25. The van der Waals surface area contributed by atoms with Crippen molar-refractivity contribution in [2.75, 3.05) is 23.3 Å². The first-order valence-corrected chi connectivity index (χ1v) is 13.0. The number of nitrogens with two attached hydrogens (primary N) is 1. The monoisotopic (exact) mass is 511 g/mol. The molecule has 3 aromatic rings. The average molecular weight is 512 g/mol. The molecule has 38 heavy (non-hydrogen) atoms. The van der Waals surface area contributed by atoms with Crippen molar-refractivity contribution in [2.45, 2.75) is 52.5 Å². The third-order valence-electron chi connectivity index (χ3n) is 6.65. The van der Waals surface area contributed by atoms with Crippen LogP contribution in [0.5, 0.6) is 0 Å². The van der Waals surface area contributed by atoms with Crippen LogP contribution in [-0.4, -0.2) is 34.8 Å². The number of amides is 1. The molecule has 1 amide bonds. The van der Waals surface area contributed by atoms with Crippen molar-refractivity contribution >= 4 is 29.1 Å². The SMILES string of the molecule is C=CNc1cnc(N2CCCC2)nc1C(N)=Nc1cc(C(=O)NCc2ccc(C(C)(C)C)cc2)ccc1C. The van der Waals surface area contributed by atoms with Gasteiger partial charge in [-0.15, -0.1) is 0 Å². The maximum Gasteiger partial charge on any atom is 0.251 e. The molecule has 4 N–H and O–H groups in total. The largest absolute Gasteiger partial charge is 0.382 e. The summed E-state index contributed by atoms with van der Waals surface area (Å²) in [6.07, 6.45) is 5.49. The summed E-state index contributed by atoms with van der Waals surface area (Å²) in [5, 5.41) is 6.05. The Balaban J connectivity index is 1.54. The zero-order valence-electron chi connectivity index (χ0n) is 22.7. The zero-order valence-corrected chi connectivity index (χ0v) is 22.7. The minimum Gasteiger partial charge on any atom is -0.382 e. The molecular weight excluding hydrogens is 474 g/mol. The lowest BCUT2D eigenvalue weighted by molar-refractivity contribution is 0.0951. The van der Waals surface area contributed by atoms with Gasteiger partial charge in [0.05, 0.1) is 17.6 Å². The number of nitrogens with zero attached hydrogens (tertiary/aromatic N) is 4. The van der Waals surface area contributed by atoms with Gasteiger partial charge >= 0.3 is 0 Å². The third-order valence-corrected chi connectivity index (χ3v) is 6.65. The van der Waals surface area contributed by atoms with Crippen molar-refractivity contribution in [1.29, 1.82) is 0 Å². The van der Waals surface area contributed by atoms with Crippen LogP contribution < -0.4 is 21.3 Å². The number of carbonyl (C=O) groups excluding carboxylic acids is 1. The molecule has 1 fully saturated rings. The van der Waals surface area contributed by atoms with E-state index >= 15 is 0 Å². The van der Waals surface area contributed by atoms with E-state index in [2.05, 4.69) is 77.1 Å². The maximum atomic E-state index is 13.0. The van der Waals surface area contributed by atoms with Crippen molar-refractivity contribution < 1.29 is 4.79 Å². The van der Waals surface area contributed by atoms with Gasteiger partial charge in [-0.3, -0.25) is 4.79 Å². The van der Waals surface area contributed by atoms with Gasteiger partial charge in [0.15, 0.2) is 5.84 Å². The Labute approximate surface area is 225 Å². The van der Waals surface area contributed by atoms with Crippen LogP contribution in [0.3, 0.4) is 0 Å². The van der Waals surface area contributed by atoms with Gasteiger partial charge in [-0.2, -0.15) is 0 Å². The molecule has 1 aliphatic heterocycles. The minimum atomic E-state index is -0.174. The quantitative estimate of drug-likeness (QED) is 0.283. The molecule has 4 rings (SSSR count). The van der Waals surface area contributed by atoms with Gasteiger partial charge in [0.2, 0.25) is 5.95 Å². The molecule has 0 radical (unpaired) electrons. The first-order valence-electron chi connectivity index (χ1n) is 13.0. The number of aryl methyl sites for hydroxylation is 1. The molecule has 0 saturated carbocycles. The summed E-state index contributed by atoms with van der Waals surface area (Å²) in [6.45, 7) is 14.5. The standard InChI is InChI=1S/C30H37N7O/c1-6-32-25-19-34-29(37-15-7-8-16-37)36-26(25)27(31)35-24-17-22(12-9-20(24)2)28(38)33-18-21-10-13-23(14-11-21)30(3,4)5/h6,9-14,17,19,32H,1,7-8,15-16,18H2,2-5H3,(H2,31,35)(H,33,38). The smallest absolute Gasteiger partial charge is 0.251 e. The normalized spacial score (nSPS) is 13.9. The lowest BCUT2D eigenvalue weighted by Crippen LogP contribution is -2.24. The number of rotatable bonds is 8. The number of hydrogen-bond acceptors (Lipinski definition) is 6. The van der Waals surface area contributed by atoms with Crippen molar-refractivity contribution in [3.8, 4) is 0 Å². The number of hydrogen-bond donors (Lipinski definition) is 3. The molecule has 0 atom stereocenters. The van der Waals surface area contributed by atoms with Crippen LogP contribution in [0.4, 0.5) is 17.3 Å². The number of benzene rings is 2. The second-order valence-electron chi connectivity index (χ2n) is 10.6. The highest BCUT2D eigenvalue weighted by Gasteiger charge is 2.19. The first-order chi connectivity index (χ1) is 18.2. The van der Waals surface area contributed by atoms with Crippen LogP contribution in [0, 0.1) is 6.92 Å². The van der Waals surface area contributed by atoms with Crippen molar-refractivity contribution in [1.82, 2.24) is 15.3 Å². The highest BCUT2D eigenvalue weighted by atomic mass is 16.1. The number of amidine groups is 1. The van der Waals surface area contributed by atoms with Crippen LogP contribution in [0.1, 0.15) is 66.4 Å². The lowest BCUT2D eigenvalue weighted by Gasteiger charge is -2.19. The van der Waals surface area contributed by atoms with Gasteiger partial charge in [-0.25, -0.2) is 15.0 Å². The van der Waals surface area contributed by atoms with Gasteiger partial charge < -0.3 is 21.3 Å². The number of anilines is 2. The van der Waals surface area contributed by atoms with Crippen LogP contribution in [0.15, 0.2) is 66.4 Å². The second-order valence-corrected chi connectivity index (χ2v) is 10.6.